The Balaban J connectivity index is 1.52. The average molecular weight is 498 g/mol. The number of ether oxygens (including phenoxy) is 2. The summed E-state index contributed by atoms with van der Waals surface area (Å²) in [6.45, 7) is 3.08. The zero-order valence-electron chi connectivity index (χ0n) is 16.8. The predicted molar refractivity (Wildman–Crippen MR) is 125 cm³/mol. The molecule has 3 rings (SSSR count). The molecule has 0 bridgehead atoms. The molecule has 158 valence electrons. The molecule has 2 aromatic carbocycles. The summed E-state index contributed by atoms with van der Waals surface area (Å²) < 4.78 is 12.3. The van der Waals surface area contributed by atoms with Crippen LogP contribution in [0.3, 0.4) is 0 Å². The fourth-order valence-corrected chi connectivity index (χ4v) is 3.66. The van der Waals surface area contributed by atoms with Gasteiger partial charge in [-0.3, -0.25) is 10.1 Å². The number of aromatic nitrogens is 1. The van der Waals surface area contributed by atoms with E-state index < -0.39 is 5.91 Å². The SMILES string of the molecule is Cc1cccc(OCCCOc2ccc(/C=C(/C#N)C(=O)Nc3nccs3)cc2Br)c1. The molecule has 0 fully saturated rings. The van der Waals surface area contributed by atoms with Gasteiger partial charge in [0.25, 0.3) is 5.91 Å². The number of benzene rings is 2. The van der Waals surface area contributed by atoms with Crippen molar-refractivity contribution in [2.75, 3.05) is 18.5 Å². The number of carbonyl (C=O) groups is 1. The summed E-state index contributed by atoms with van der Waals surface area (Å²) in [7, 11) is 0. The number of carbonyl (C=O) groups excluding carboxylic acids is 1. The summed E-state index contributed by atoms with van der Waals surface area (Å²) in [5.74, 6) is 1.03. The maximum Gasteiger partial charge on any atom is 0.268 e. The van der Waals surface area contributed by atoms with Crippen LogP contribution in [0, 0.1) is 18.3 Å². The number of hydrogen-bond donors (Lipinski definition) is 1. The summed E-state index contributed by atoms with van der Waals surface area (Å²) in [6, 6.07) is 15.2. The van der Waals surface area contributed by atoms with Gasteiger partial charge in [0.05, 0.1) is 17.7 Å². The van der Waals surface area contributed by atoms with Crippen LogP contribution in [-0.4, -0.2) is 24.1 Å². The van der Waals surface area contributed by atoms with Crippen molar-refractivity contribution < 1.29 is 14.3 Å². The number of anilines is 1. The van der Waals surface area contributed by atoms with Crippen LogP contribution in [0.25, 0.3) is 6.08 Å². The number of amides is 1. The first-order valence-electron chi connectivity index (χ1n) is 9.49. The Kier molecular flexibility index (Phi) is 8.21. The second-order valence-electron chi connectivity index (χ2n) is 6.52. The van der Waals surface area contributed by atoms with Gasteiger partial charge in [-0.15, -0.1) is 11.3 Å². The molecule has 1 heterocycles. The summed E-state index contributed by atoms with van der Waals surface area (Å²) in [5, 5.41) is 14.1. The first-order valence-corrected chi connectivity index (χ1v) is 11.2. The third-order valence-electron chi connectivity index (χ3n) is 4.09. The quantitative estimate of drug-likeness (QED) is 0.236. The maximum atomic E-state index is 12.2. The lowest BCUT2D eigenvalue weighted by Crippen LogP contribution is -2.13. The highest BCUT2D eigenvalue weighted by molar-refractivity contribution is 9.10. The van der Waals surface area contributed by atoms with E-state index in [-0.39, 0.29) is 5.57 Å². The van der Waals surface area contributed by atoms with Gasteiger partial charge < -0.3 is 9.47 Å². The molecule has 0 aliphatic rings. The zero-order valence-corrected chi connectivity index (χ0v) is 19.2. The number of thiazole rings is 1. The van der Waals surface area contributed by atoms with Crippen LogP contribution in [0.2, 0.25) is 0 Å². The second-order valence-corrected chi connectivity index (χ2v) is 8.27. The van der Waals surface area contributed by atoms with Gasteiger partial charge in [0.15, 0.2) is 5.13 Å². The van der Waals surface area contributed by atoms with Crippen molar-refractivity contribution >= 4 is 44.4 Å². The van der Waals surface area contributed by atoms with Gasteiger partial charge in [0.2, 0.25) is 0 Å². The molecule has 0 saturated carbocycles. The zero-order chi connectivity index (χ0) is 22.1. The van der Waals surface area contributed by atoms with Gasteiger partial charge in [-0.05, 0) is 64.3 Å². The van der Waals surface area contributed by atoms with Crippen LogP contribution in [0.1, 0.15) is 17.5 Å². The molecular weight excluding hydrogens is 478 g/mol. The fourth-order valence-electron chi connectivity index (χ4n) is 2.63. The highest BCUT2D eigenvalue weighted by Gasteiger charge is 2.11. The number of aryl methyl sites for hydroxylation is 1. The number of halogens is 1. The Hall–Kier alpha value is -3.15. The highest BCUT2D eigenvalue weighted by Crippen LogP contribution is 2.27. The van der Waals surface area contributed by atoms with E-state index in [4.69, 9.17) is 9.47 Å². The molecule has 0 spiro atoms. The van der Waals surface area contributed by atoms with E-state index in [1.54, 1.807) is 29.8 Å². The van der Waals surface area contributed by atoms with Crippen LogP contribution >= 0.6 is 27.3 Å². The molecule has 0 aliphatic carbocycles. The topological polar surface area (TPSA) is 84.2 Å². The van der Waals surface area contributed by atoms with Crippen molar-refractivity contribution in [1.29, 1.82) is 5.26 Å². The maximum absolute atomic E-state index is 12.2. The van der Waals surface area contributed by atoms with Gasteiger partial charge >= 0.3 is 0 Å². The van der Waals surface area contributed by atoms with Gasteiger partial charge in [0, 0.05) is 18.0 Å². The summed E-state index contributed by atoms with van der Waals surface area (Å²) in [6.07, 6.45) is 3.84. The summed E-state index contributed by atoms with van der Waals surface area (Å²) >= 11 is 4.77. The Morgan fingerprint density at radius 1 is 1.26 bits per heavy atom. The molecule has 0 atom stereocenters. The van der Waals surface area contributed by atoms with Crippen LogP contribution < -0.4 is 14.8 Å². The summed E-state index contributed by atoms with van der Waals surface area (Å²) in [5.41, 5.74) is 1.85. The van der Waals surface area contributed by atoms with E-state index >= 15 is 0 Å². The molecule has 3 aromatic rings. The van der Waals surface area contributed by atoms with E-state index in [0.29, 0.717) is 29.7 Å². The summed E-state index contributed by atoms with van der Waals surface area (Å²) in [4.78, 5) is 16.2. The smallest absolute Gasteiger partial charge is 0.268 e. The lowest BCUT2D eigenvalue weighted by Gasteiger charge is -2.10. The molecule has 31 heavy (non-hydrogen) atoms. The fraction of sp³-hybridized carbons (Fsp3) is 0.174. The Morgan fingerprint density at radius 3 is 2.81 bits per heavy atom. The van der Waals surface area contributed by atoms with Crippen molar-refractivity contribution in [2.45, 2.75) is 13.3 Å². The van der Waals surface area contributed by atoms with E-state index in [0.717, 1.165) is 22.2 Å². The highest BCUT2D eigenvalue weighted by atomic mass is 79.9. The minimum atomic E-state index is -0.498. The van der Waals surface area contributed by atoms with Gasteiger partial charge in [0.1, 0.15) is 23.1 Å². The van der Waals surface area contributed by atoms with Gasteiger partial charge in [-0.1, -0.05) is 18.2 Å². The number of hydrogen-bond acceptors (Lipinski definition) is 6. The minimum Gasteiger partial charge on any atom is -0.493 e. The lowest BCUT2D eigenvalue weighted by atomic mass is 10.1. The van der Waals surface area contributed by atoms with Crippen molar-refractivity contribution in [2.24, 2.45) is 0 Å². The standard InChI is InChI=1S/C23H20BrN3O3S/c1-16-4-2-5-19(12-16)29-9-3-10-30-21-7-6-17(14-20(21)24)13-18(15-25)22(28)27-23-26-8-11-31-23/h2,4-8,11-14H,3,9-10H2,1H3,(H,26,27,28)/b18-13-. The van der Waals surface area contributed by atoms with E-state index in [2.05, 4.69) is 26.2 Å². The van der Waals surface area contributed by atoms with Crippen LogP contribution in [0.5, 0.6) is 11.5 Å². The van der Waals surface area contributed by atoms with Crippen molar-refractivity contribution in [3.8, 4) is 17.6 Å². The van der Waals surface area contributed by atoms with Crippen molar-refractivity contribution in [3.05, 3.63) is 75.2 Å². The molecule has 0 saturated heterocycles. The van der Waals surface area contributed by atoms with Crippen LogP contribution in [-0.2, 0) is 4.79 Å². The Labute approximate surface area is 193 Å². The van der Waals surface area contributed by atoms with E-state index in [1.807, 2.05) is 37.3 Å². The lowest BCUT2D eigenvalue weighted by molar-refractivity contribution is -0.112. The molecule has 1 amide bonds. The number of nitrogens with one attached hydrogen (secondary N) is 1. The van der Waals surface area contributed by atoms with Crippen LogP contribution in [0.15, 0.2) is 64.1 Å². The second kappa shape index (κ2) is 11.3. The molecule has 6 nitrogen and oxygen atoms in total. The number of nitriles is 1. The molecule has 8 heteroatoms. The average Bonchev–Trinajstić information content (AvgIpc) is 3.26. The van der Waals surface area contributed by atoms with Crippen LogP contribution in [0.4, 0.5) is 5.13 Å². The number of nitrogens with zero attached hydrogens (tertiary/aromatic N) is 2. The van der Waals surface area contributed by atoms with E-state index in [9.17, 15) is 10.1 Å². The van der Waals surface area contributed by atoms with Crippen molar-refractivity contribution in [1.82, 2.24) is 4.98 Å². The van der Waals surface area contributed by atoms with Crippen molar-refractivity contribution in [3.63, 3.8) is 0 Å². The predicted octanol–water partition coefficient (Wildman–Crippen LogP) is 5.61. The number of rotatable bonds is 9. The first kappa shape index (κ1) is 22.5. The van der Waals surface area contributed by atoms with Gasteiger partial charge in [-0.25, -0.2) is 4.98 Å². The largest absolute Gasteiger partial charge is 0.493 e. The third-order valence-corrected chi connectivity index (χ3v) is 5.40. The first-order chi connectivity index (χ1) is 15.0. The molecule has 1 N–H and O–H groups in total. The molecule has 1 aromatic heterocycles. The third kappa shape index (κ3) is 6.95. The van der Waals surface area contributed by atoms with Gasteiger partial charge in [-0.2, -0.15) is 5.26 Å². The Bertz CT molecular complexity index is 1110. The normalized spacial score (nSPS) is 10.9. The molecule has 0 aliphatic heterocycles. The Morgan fingerprint density at radius 2 is 2.10 bits per heavy atom. The molecule has 0 radical (unpaired) electrons. The molecule has 0 unspecified atom stereocenters. The monoisotopic (exact) mass is 497 g/mol. The van der Waals surface area contributed by atoms with E-state index in [1.165, 1.54) is 17.4 Å². The molecular formula is C23H20BrN3O3S. The minimum absolute atomic E-state index is 0.0101.